The van der Waals surface area contributed by atoms with Crippen molar-refractivity contribution in [3.05, 3.63) is 52.8 Å². The Labute approximate surface area is 140 Å². The van der Waals surface area contributed by atoms with Crippen molar-refractivity contribution in [2.24, 2.45) is 0 Å². The molecule has 5 nitrogen and oxygen atoms in total. The van der Waals surface area contributed by atoms with Crippen LogP contribution in [0.25, 0.3) is 0 Å². The van der Waals surface area contributed by atoms with Gasteiger partial charge in [0.05, 0.1) is 0 Å². The van der Waals surface area contributed by atoms with E-state index in [2.05, 4.69) is 4.98 Å². The predicted octanol–water partition coefficient (Wildman–Crippen LogP) is 3.42. The lowest BCUT2D eigenvalue weighted by Crippen LogP contribution is -2.21. The van der Waals surface area contributed by atoms with Crippen LogP contribution in [0.3, 0.4) is 0 Å². The topological polar surface area (TPSA) is 66.2 Å². The third kappa shape index (κ3) is 4.44. The van der Waals surface area contributed by atoms with Gasteiger partial charge in [-0.3, -0.25) is 4.79 Å². The molecule has 0 aliphatic heterocycles. The first-order valence-corrected chi connectivity index (χ1v) is 7.40. The molecule has 1 heterocycles. The zero-order chi connectivity index (χ0) is 16.8. The van der Waals surface area contributed by atoms with Crippen molar-refractivity contribution < 1.29 is 9.53 Å². The number of nitriles is 1. The van der Waals surface area contributed by atoms with Gasteiger partial charge >= 0.3 is 0 Å². The van der Waals surface area contributed by atoms with Crippen LogP contribution >= 0.6 is 11.6 Å². The summed E-state index contributed by atoms with van der Waals surface area (Å²) in [7, 11) is 3.48. The fourth-order valence-corrected chi connectivity index (χ4v) is 2.12. The van der Waals surface area contributed by atoms with E-state index in [0.717, 1.165) is 5.56 Å². The highest BCUT2D eigenvalue weighted by Gasteiger charge is 2.10. The van der Waals surface area contributed by atoms with Crippen LogP contribution in [0.4, 0.5) is 0 Å². The number of aryl methyl sites for hydroxylation is 1. The zero-order valence-corrected chi connectivity index (χ0v) is 13.7. The van der Waals surface area contributed by atoms with E-state index in [-0.39, 0.29) is 16.6 Å². The molecule has 0 atom stereocenters. The van der Waals surface area contributed by atoms with Crippen LogP contribution < -0.4 is 4.74 Å². The number of hydrogen-bond acceptors (Lipinski definition) is 4. The quantitative estimate of drug-likeness (QED) is 0.788. The van der Waals surface area contributed by atoms with E-state index < -0.39 is 0 Å². The molecule has 0 N–H and O–H groups in total. The Hall–Kier alpha value is -2.58. The van der Waals surface area contributed by atoms with Gasteiger partial charge in [-0.2, -0.15) is 5.26 Å². The van der Waals surface area contributed by atoms with Gasteiger partial charge in [0, 0.05) is 32.8 Å². The smallest absolute Gasteiger partial charge is 0.222 e. The van der Waals surface area contributed by atoms with Gasteiger partial charge in [-0.15, -0.1) is 0 Å². The summed E-state index contributed by atoms with van der Waals surface area (Å²) in [5, 5.41) is 9.21. The Morgan fingerprint density at radius 3 is 2.61 bits per heavy atom. The molecule has 1 aromatic carbocycles. The zero-order valence-electron chi connectivity index (χ0n) is 12.9. The number of ether oxygens (including phenoxy) is 1. The lowest BCUT2D eigenvalue weighted by Gasteiger charge is -2.10. The summed E-state index contributed by atoms with van der Waals surface area (Å²) in [6.45, 7) is 0. The molecule has 6 heteroatoms. The average molecular weight is 330 g/mol. The maximum absolute atomic E-state index is 11.6. The summed E-state index contributed by atoms with van der Waals surface area (Å²) in [6, 6.07) is 11.0. The molecule has 0 spiro atoms. The molecule has 118 valence electrons. The molecule has 0 saturated carbocycles. The largest absolute Gasteiger partial charge is 0.456 e. The molecule has 0 unspecified atom stereocenters. The SMILES string of the molecule is CN(C)C(=O)CCc1ccc(Oc2ccnc(Cl)c2C#N)cc1. The summed E-state index contributed by atoms with van der Waals surface area (Å²) in [5.41, 5.74) is 1.25. The number of rotatable bonds is 5. The van der Waals surface area contributed by atoms with E-state index in [0.29, 0.717) is 24.3 Å². The summed E-state index contributed by atoms with van der Waals surface area (Å²) < 4.78 is 5.68. The molecular weight excluding hydrogens is 314 g/mol. The van der Waals surface area contributed by atoms with E-state index in [1.54, 1.807) is 37.2 Å². The van der Waals surface area contributed by atoms with Gasteiger partial charge in [0.2, 0.25) is 5.91 Å². The van der Waals surface area contributed by atoms with Gasteiger partial charge in [-0.1, -0.05) is 23.7 Å². The number of carbonyl (C=O) groups is 1. The van der Waals surface area contributed by atoms with Gasteiger partial charge in [0.25, 0.3) is 0 Å². The van der Waals surface area contributed by atoms with Crippen molar-refractivity contribution >= 4 is 17.5 Å². The van der Waals surface area contributed by atoms with E-state index in [1.165, 1.54) is 6.20 Å². The maximum Gasteiger partial charge on any atom is 0.222 e. The normalized spacial score (nSPS) is 10.0. The lowest BCUT2D eigenvalue weighted by atomic mass is 10.1. The molecule has 23 heavy (non-hydrogen) atoms. The number of nitrogens with zero attached hydrogens (tertiary/aromatic N) is 3. The summed E-state index contributed by atoms with van der Waals surface area (Å²) in [6.07, 6.45) is 2.62. The highest BCUT2D eigenvalue weighted by atomic mass is 35.5. The molecule has 0 bridgehead atoms. The van der Waals surface area contributed by atoms with Crippen LogP contribution in [-0.4, -0.2) is 29.9 Å². The lowest BCUT2D eigenvalue weighted by molar-refractivity contribution is -0.128. The van der Waals surface area contributed by atoms with Gasteiger partial charge in [-0.05, 0) is 24.1 Å². The van der Waals surface area contributed by atoms with Crippen molar-refractivity contribution in [3.8, 4) is 17.6 Å². The van der Waals surface area contributed by atoms with E-state index >= 15 is 0 Å². The summed E-state index contributed by atoms with van der Waals surface area (Å²) >= 11 is 5.87. The molecule has 1 aromatic heterocycles. The number of amides is 1. The Morgan fingerprint density at radius 2 is 2.00 bits per heavy atom. The van der Waals surface area contributed by atoms with Crippen molar-refractivity contribution in [1.82, 2.24) is 9.88 Å². The molecule has 2 rings (SSSR count). The number of hydrogen-bond donors (Lipinski definition) is 0. The first kappa shape index (κ1) is 16.8. The highest BCUT2D eigenvalue weighted by Crippen LogP contribution is 2.28. The molecule has 1 amide bonds. The van der Waals surface area contributed by atoms with Gasteiger partial charge in [0.1, 0.15) is 23.1 Å². The Kier molecular flexibility index (Phi) is 5.56. The Balaban J connectivity index is 2.05. The van der Waals surface area contributed by atoms with Gasteiger partial charge < -0.3 is 9.64 Å². The van der Waals surface area contributed by atoms with Crippen LogP contribution in [0.1, 0.15) is 17.5 Å². The van der Waals surface area contributed by atoms with Crippen LogP contribution in [0.5, 0.6) is 11.5 Å². The third-order valence-corrected chi connectivity index (χ3v) is 3.54. The van der Waals surface area contributed by atoms with Gasteiger partial charge in [0.15, 0.2) is 5.15 Å². The summed E-state index contributed by atoms with van der Waals surface area (Å²) in [5.74, 6) is 1.05. The van der Waals surface area contributed by atoms with Crippen LogP contribution in [0.15, 0.2) is 36.5 Å². The molecule has 0 saturated heterocycles. The fraction of sp³-hybridized carbons (Fsp3) is 0.235. The summed E-state index contributed by atoms with van der Waals surface area (Å²) in [4.78, 5) is 17.0. The fourth-order valence-electron chi connectivity index (χ4n) is 1.93. The van der Waals surface area contributed by atoms with Crippen molar-refractivity contribution in [2.75, 3.05) is 14.1 Å². The minimum atomic E-state index is 0.0930. The number of aromatic nitrogens is 1. The van der Waals surface area contributed by atoms with Crippen LogP contribution in [0.2, 0.25) is 5.15 Å². The second kappa shape index (κ2) is 7.61. The molecule has 2 aromatic rings. The molecule has 0 aliphatic carbocycles. The minimum Gasteiger partial charge on any atom is -0.456 e. The number of carbonyl (C=O) groups excluding carboxylic acids is 1. The van der Waals surface area contributed by atoms with E-state index in [9.17, 15) is 4.79 Å². The number of benzene rings is 1. The predicted molar refractivity (Wildman–Crippen MR) is 87.5 cm³/mol. The van der Waals surface area contributed by atoms with Gasteiger partial charge in [-0.25, -0.2) is 4.98 Å². The van der Waals surface area contributed by atoms with Crippen molar-refractivity contribution in [3.63, 3.8) is 0 Å². The molecule has 0 aliphatic rings. The second-order valence-electron chi connectivity index (χ2n) is 5.12. The monoisotopic (exact) mass is 329 g/mol. The van der Waals surface area contributed by atoms with E-state index in [4.69, 9.17) is 21.6 Å². The van der Waals surface area contributed by atoms with Crippen LogP contribution in [-0.2, 0) is 11.2 Å². The molecule has 0 fully saturated rings. The minimum absolute atomic E-state index is 0.0930. The standard InChI is InChI=1S/C17H16ClN3O2/c1-21(2)16(22)8-5-12-3-6-13(7-4-12)23-15-9-10-20-17(18)14(15)11-19/h3-4,6-7,9-10H,5,8H2,1-2H3. The number of halogens is 1. The Bertz CT molecular complexity index is 736. The maximum atomic E-state index is 11.6. The first-order valence-electron chi connectivity index (χ1n) is 7.03. The molecule has 0 radical (unpaired) electrons. The second-order valence-corrected chi connectivity index (χ2v) is 5.48. The Morgan fingerprint density at radius 1 is 1.30 bits per heavy atom. The third-order valence-electron chi connectivity index (χ3n) is 3.26. The van der Waals surface area contributed by atoms with Crippen molar-refractivity contribution in [1.29, 1.82) is 5.26 Å². The average Bonchev–Trinajstić information content (AvgIpc) is 2.54. The van der Waals surface area contributed by atoms with E-state index in [1.807, 2.05) is 18.2 Å². The van der Waals surface area contributed by atoms with Crippen molar-refractivity contribution in [2.45, 2.75) is 12.8 Å². The molecular formula is C17H16ClN3O2. The van der Waals surface area contributed by atoms with Crippen LogP contribution in [0, 0.1) is 11.3 Å². The number of pyridine rings is 1. The first-order chi connectivity index (χ1) is 11.0. The highest BCUT2D eigenvalue weighted by molar-refractivity contribution is 6.30.